The van der Waals surface area contributed by atoms with E-state index >= 15 is 0 Å². The highest BCUT2D eigenvalue weighted by Gasteiger charge is 2.06. The molecule has 0 fully saturated rings. The van der Waals surface area contributed by atoms with Crippen LogP contribution >= 0.6 is 50.7 Å². The molecule has 0 aliphatic carbocycles. The van der Waals surface area contributed by atoms with Crippen LogP contribution in [0.4, 0.5) is 0 Å². The Kier molecular flexibility index (Phi) is 4.88. The molecule has 0 radical (unpaired) electrons. The number of hydrogen-bond acceptors (Lipinski definition) is 0. The van der Waals surface area contributed by atoms with Gasteiger partial charge in [-0.2, -0.15) is 0 Å². The third-order valence-electron chi connectivity index (χ3n) is 1.70. The summed E-state index contributed by atoms with van der Waals surface area (Å²) >= 11 is 21.0. The first-order chi connectivity index (χ1) is 6.19. The highest BCUT2D eigenvalue weighted by molar-refractivity contribution is 9.08. The van der Waals surface area contributed by atoms with Gasteiger partial charge in [-0.05, 0) is 29.7 Å². The molecule has 1 rings (SSSR count). The maximum Gasteiger partial charge on any atom is 0.0456 e. The first kappa shape index (κ1) is 11.6. The van der Waals surface area contributed by atoms with Crippen molar-refractivity contribution in [3.05, 3.63) is 33.3 Å². The van der Waals surface area contributed by atoms with Gasteiger partial charge in [0.1, 0.15) is 0 Å². The average molecular weight is 302 g/mol. The van der Waals surface area contributed by atoms with Gasteiger partial charge in [-0.1, -0.05) is 39.1 Å². The maximum atomic E-state index is 6.03. The quantitative estimate of drug-likeness (QED) is 0.712. The fourth-order valence-corrected chi connectivity index (χ4v) is 2.30. The minimum atomic E-state index is 0.535. The molecule has 0 nitrogen and oxygen atoms in total. The molecule has 0 aromatic heterocycles. The highest BCUT2D eigenvalue weighted by atomic mass is 79.9. The molecule has 13 heavy (non-hydrogen) atoms. The average Bonchev–Trinajstić information content (AvgIpc) is 2.11. The third-order valence-corrected chi connectivity index (χ3v) is 3.21. The van der Waals surface area contributed by atoms with Crippen molar-refractivity contribution in [1.82, 2.24) is 0 Å². The molecule has 0 bridgehead atoms. The highest BCUT2D eigenvalue weighted by Crippen LogP contribution is 2.28. The number of rotatable bonds is 3. The van der Waals surface area contributed by atoms with Crippen LogP contribution in [0.2, 0.25) is 10.0 Å². The Morgan fingerprint density at radius 3 is 2.08 bits per heavy atom. The molecule has 0 aliphatic heterocycles. The van der Waals surface area contributed by atoms with Crippen LogP contribution in [0.1, 0.15) is 11.1 Å². The van der Waals surface area contributed by atoms with Gasteiger partial charge < -0.3 is 0 Å². The first-order valence-electron chi connectivity index (χ1n) is 3.77. The summed E-state index contributed by atoms with van der Waals surface area (Å²) in [4.78, 5) is 0. The Bertz CT molecular complexity index is 276. The Morgan fingerprint density at radius 1 is 1.15 bits per heavy atom. The van der Waals surface area contributed by atoms with Crippen LogP contribution in [-0.2, 0) is 11.8 Å². The van der Waals surface area contributed by atoms with Crippen LogP contribution in [-0.4, -0.2) is 5.88 Å². The van der Waals surface area contributed by atoms with Crippen LogP contribution < -0.4 is 0 Å². The lowest BCUT2D eigenvalue weighted by Crippen LogP contribution is -1.91. The fourth-order valence-electron chi connectivity index (χ4n) is 1.07. The van der Waals surface area contributed by atoms with Crippen molar-refractivity contribution < 1.29 is 0 Å². The molecule has 0 atom stereocenters. The van der Waals surface area contributed by atoms with Crippen LogP contribution in [0, 0.1) is 0 Å². The second-order valence-corrected chi connectivity index (χ2v) is 4.36. The van der Waals surface area contributed by atoms with Crippen LogP contribution in [0.25, 0.3) is 0 Å². The minimum Gasteiger partial charge on any atom is -0.126 e. The predicted octanol–water partition coefficient (Wildman–Crippen LogP) is 4.67. The number of alkyl halides is 2. The van der Waals surface area contributed by atoms with Gasteiger partial charge in [0.05, 0.1) is 0 Å². The molecule has 0 unspecified atom stereocenters. The van der Waals surface area contributed by atoms with Crippen molar-refractivity contribution in [3.63, 3.8) is 0 Å². The van der Waals surface area contributed by atoms with Gasteiger partial charge in [-0.25, -0.2) is 0 Å². The zero-order valence-electron chi connectivity index (χ0n) is 6.79. The Hall–Kier alpha value is 0.570. The van der Waals surface area contributed by atoms with Gasteiger partial charge in [0.25, 0.3) is 0 Å². The summed E-state index contributed by atoms with van der Waals surface area (Å²) in [6, 6.07) is 3.81. The minimum absolute atomic E-state index is 0.535. The van der Waals surface area contributed by atoms with Gasteiger partial charge >= 0.3 is 0 Å². The predicted molar refractivity (Wildman–Crippen MR) is 63.5 cm³/mol. The molecule has 0 heterocycles. The third kappa shape index (κ3) is 3.02. The summed E-state index contributed by atoms with van der Waals surface area (Å²) in [6.45, 7) is 0. The number of halogens is 4. The molecule has 0 saturated heterocycles. The van der Waals surface area contributed by atoms with Crippen molar-refractivity contribution in [2.24, 2.45) is 0 Å². The Morgan fingerprint density at radius 2 is 1.69 bits per heavy atom. The first-order valence-corrected chi connectivity index (χ1v) is 6.19. The van der Waals surface area contributed by atoms with Gasteiger partial charge in [-0.3, -0.25) is 0 Å². The van der Waals surface area contributed by atoms with E-state index in [1.807, 2.05) is 12.1 Å². The van der Waals surface area contributed by atoms with E-state index in [1.54, 1.807) is 0 Å². The van der Waals surface area contributed by atoms with Gasteiger partial charge in [-0.15, -0.1) is 11.6 Å². The van der Waals surface area contributed by atoms with Gasteiger partial charge in [0, 0.05) is 21.3 Å². The van der Waals surface area contributed by atoms with Crippen molar-refractivity contribution in [2.45, 2.75) is 11.8 Å². The van der Waals surface area contributed by atoms with E-state index in [9.17, 15) is 0 Å². The molecule has 0 amide bonds. The lowest BCUT2D eigenvalue weighted by atomic mass is 10.1. The molecule has 0 aliphatic rings. The zero-order chi connectivity index (χ0) is 9.84. The van der Waals surface area contributed by atoms with Crippen molar-refractivity contribution in [2.75, 3.05) is 5.88 Å². The lowest BCUT2D eigenvalue weighted by Gasteiger charge is -2.06. The summed E-state index contributed by atoms with van der Waals surface area (Å²) in [7, 11) is 0. The number of benzene rings is 1. The standard InChI is InChI=1S/C9H8BrCl3/c10-5-6-3-8(12)7(1-2-11)9(13)4-6/h3-4H,1-2,5H2. The van der Waals surface area contributed by atoms with E-state index in [2.05, 4.69) is 15.9 Å². The SMILES string of the molecule is ClCCc1c(Cl)cc(CBr)cc1Cl. The van der Waals surface area contributed by atoms with Crippen LogP contribution in [0.5, 0.6) is 0 Å². The van der Waals surface area contributed by atoms with Gasteiger partial charge in [0.15, 0.2) is 0 Å². The van der Waals surface area contributed by atoms with Crippen molar-refractivity contribution in [1.29, 1.82) is 0 Å². The molecular weight excluding hydrogens is 294 g/mol. The largest absolute Gasteiger partial charge is 0.126 e. The van der Waals surface area contributed by atoms with Crippen LogP contribution in [0.3, 0.4) is 0 Å². The Labute approximate surface area is 101 Å². The molecule has 0 spiro atoms. The molecular formula is C9H8BrCl3. The van der Waals surface area contributed by atoms with Crippen molar-refractivity contribution >= 4 is 50.7 Å². The molecule has 1 aromatic carbocycles. The molecule has 1 aromatic rings. The molecule has 0 N–H and O–H groups in total. The summed E-state index contributed by atoms with van der Waals surface area (Å²) in [6.07, 6.45) is 0.710. The molecule has 0 saturated carbocycles. The van der Waals surface area contributed by atoms with Gasteiger partial charge in [0.2, 0.25) is 0 Å². The summed E-state index contributed by atoms with van der Waals surface area (Å²) < 4.78 is 0. The summed E-state index contributed by atoms with van der Waals surface area (Å²) in [5, 5.41) is 2.15. The van der Waals surface area contributed by atoms with E-state index in [0.29, 0.717) is 22.3 Å². The Balaban J connectivity index is 3.07. The second-order valence-electron chi connectivity index (χ2n) is 2.61. The summed E-state index contributed by atoms with van der Waals surface area (Å²) in [5.41, 5.74) is 2.01. The number of hydrogen-bond donors (Lipinski definition) is 0. The van der Waals surface area contributed by atoms with E-state index < -0.39 is 0 Å². The molecule has 4 heteroatoms. The van der Waals surface area contributed by atoms with E-state index in [1.165, 1.54) is 0 Å². The smallest absolute Gasteiger partial charge is 0.0456 e. The normalized spacial score (nSPS) is 10.5. The maximum absolute atomic E-state index is 6.03. The monoisotopic (exact) mass is 300 g/mol. The second kappa shape index (κ2) is 5.45. The van der Waals surface area contributed by atoms with E-state index in [-0.39, 0.29) is 0 Å². The topological polar surface area (TPSA) is 0 Å². The van der Waals surface area contributed by atoms with Crippen molar-refractivity contribution in [3.8, 4) is 0 Å². The molecule has 72 valence electrons. The zero-order valence-corrected chi connectivity index (χ0v) is 10.6. The lowest BCUT2D eigenvalue weighted by molar-refractivity contribution is 1.14. The van der Waals surface area contributed by atoms with E-state index in [0.717, 1.165) is 16.5 Å². The fraction of sp³-hybridized carbons (Fsp3) is 0.333. The van der Waals surface area contributed by atoms with Crippen LogP contribution in [0.15, 0.2) is 12.1 Å². The summed E-state index contributed by atoms with van der Waals surface area (Å²) in [5.74, 6) is 0.535. The van der Waals surface area contributed by atoms with E-state index in [4.69, 9.17) is 34.8 Å².